The second-order valence-corrected chi connectivity index (χ2v) is 10.1. The summed E-state index contributed by atoms with van der Waals surface area (Å²) in [6, 6.07) is 6.37. The third-order valence-corrected chi connectivity index (χ3v) is 7.44. The number of halogens is 3. The Labute approximate surface area is 181 Å². The second kappa shape index (κ2) is 7.22. The molecule has 0 radical (unpaired) electrons. The molecule has 3 aromatic rings. The van der Waals surface area contributed by atoms with Crippen LogP contribution in [0.4, 0.5) is 24.7 Å². The van der Waals surface area contributed by atoms with Gasteiger partial charge in [0.15, 0.2) is 0 Å². The van der Waals surface area contributed by atoms with E-state index < -0.39 is 27.0 Å². The highest BCUT2D eigenvalue weighted by Crippen LogP contribution is 2.42. The van der Waals surface area contributed by atoms with Gasteiger partial charge in [0.1, 0.15) is 11.5 Å². The van der Waals surface area contributed by atoms with Gasteiger partial charge in [0.05, 0.1) is 10.8 Å². The highest BCUT2D eigenvalue weighted by atomic mass is 32.2. The lowest BCUT2D eigenvalue weighted by Crippen LogP contribution is -2.18. The van der Waals surface area contributed by atoms with Gasteiger partial charge in [-0.1, -0.05) is 6.07 Å². The zero-order valence-corrected chi connectivity index (χ0v) is 17.5. The van der Waals surface area contributed by atoms with Crippen molar-refractivity contribution in [1.82, 2.24) is 9.97 Å². The summed E-state index contributed by atoms with van der Waals surface area (Å²) in [6.07, 6.45) is -0.632. The molecule has 0 saturated heterocycles. The van der Waals surface area contributed by atoms with Gasteiger partial charge < -0.3 is 10.3 Å². The number of hydrogen-bond donors (Lipinski definition) is 3. The van der Waals surface area contributed by atoms with E-state index in [4.69, 9.17) is 0 Å². The van der Waals surface area contributed by atoms with Crippen LogP contribution in [0.25, 0.3) is 22.2 Å². The first-order valence-electron chi connectivity index (χ1n) is 10.1. The fourth-order valence-electron chi connectivity index (χ4n) is 3.60. The van der Waals surface area contributed by atoms with E-state index in [-0.39, 0.29) is 34.5 Å². The van der Waals surface area contributed by atoms with Crippen LogP contribution in [0.5, 0.6) is 0 Å². The number of alkyl halides is 3. The van der Waals surface area contributed by atoms with Crippen LogP contribution < -0.4 is 10.0 Å². The number of nitrogens with one attached hydrogen (secondary N) is 3. The van der Waals surface area contributed by atoms with Crippen LogP contribution in [0, 0.1) is 5.92 Å². The van der Waals surface area contributed by atoms with E-state index in [9.17, 15) is 26.4 Å². The number of benzene rings is 1. The van der Waals surface area contributed by atoms with Crippen molar-refractivity contribution in [1.29, 1.82) is 0 Å². The van der Waals surface area contributed by atoms with Crippen LogP contribution in [0.1, 0.15) is 31.2 Å². The predicted octanol–water partition coefficient (Wildman–Crippen LogP) is 4.50. The molecule has 2 aromatic heterocycles. The maximum Gasteiger partial charge on any atom is 0.417 e. The minimum atomic E-state index is -4.74. The van der Waals surface area contributed by atoms with Gasteiger partial charge in [-0.3, -0.25) is 9.52 Å². The van der Waals surface area contributed by atoms with Gasteiger partial charge in [0.25, 0.3) is 0 Å². The molecular formula is C21H19F3N4O3S. The average Bonchev–Trinajstić information content (AvgIpc) is 3.62. The zero-order valence-electron chi connectivity index (χ0n) is 16.7. The molecule has 2 saturated carbocycles. The molecule has 0 atom stereocenters. The average molecular weight is 464 g/mol. The molecule has 0 unspecified atom stereocenters. The van der Waals surface area contributed by atoms with Gasteiger partial charge in [0, 0.05) is 23.2 Å². The lowest BCUT2D eigenvalue weighted by molar-refractivity contribution is -0.137. The number of anilines is 2. The largest absolute Gasteiger partial charge is 0.417 e. The molecule has 0 aliphatic heterocycles. The smallest absolute Gasteiger partial charge is 0.346 e. The molecule has 1 amide bonds. The Hall–Kier alpha value is -3.08. The summed E-state index contributed by atoms with van der Waals surface area (Å²) in [5.41, 5.74) is -0.705. The summed E-state index contributed by atoms with van der Waals surface area (Å²) in [6.45, 7) is 0. The molecule has 3 N–H and O–H groups in total. The fourth-order valence-corrected chi connectivity index (χ4v) is 4.98. The SMILES string of the molecule is O=C(Nc1cc(-c2ccc(NS(=O)(=O)C3CC3)cc2C(F)(F)F)c2cc[nH]c2n1)C1CC1. The van der Waals surface area contributed by atoms with E-state index >= 15 is 0 Å². The van der Waals surface area contributed by atoms with Gasteiger partial charge in [-0.15, -0.1) is 0 Å². The maximum absolute atomic E-state index is 14.0. The van der Waals surface area contributed by atoms with E-state index in [0.717, 1.165) is 18.9 Å². The van der Waals surface area contributed by atoms with E-state index in [1.54, 1.807) is 12.3 Å². The molecule has 2 aliphatic carbocycles. The molecule has 0 spiro atoms. The van der Waals surface area contributed by atoms with Crippen molar-refractivity contribution in [2.75, 3.05) is 10.0 Å². The molecule has 5 rings (SSSR count). The minimum absolute atomic E-state index is 0.0934. The molecule has 2 fully saturated rings. The summed E-state index contributed by atoms with van der Waals surface area (Å²) in [5.74, 6) is -0.155. The number of fused-ring (bicyclic) bond motifs is 1. The fraction of sp³-hybridized carbons (Fsp3) is 0.333. The number of sulfonamides is 1. The molecule has 7 nitrogen and oxygen atoms in total. The Morgan fingerprint density at radius 1 is 1.06 bits per heavy atom. The first-order valence-corrected chi connectivity index (χ1v) is 11.7. The van der Waals surface area contributed by atoms with E-state index in [2.05, 4.69) is 20.0 Å². The highest BCUT2D eigenvalue weighted by molar-refractivity contribution is 7.93. The predicted molar refractivity (Wildman–Crippen MR) is 113 cm³/mol. The Morgan fingerprint density at radius 2 is 1.81 bits per heavy atom. The zero-order chi connectivity index (χ0) is 22.7. The summed E-state index contributed by atoms with van der Waals surface area (Å²) in [4.78, 5) is 19.3. The topological polar surface area (TPSA) is 104 Å². The first kappa shape index (κ1) is 20.8. The van der Waals surface area contributed by atoms with E-state index in [0.29, 0.717) is 23.9 Å². The Morgan fingerprint density at radius 3 is 2.47 bits per heavy atom. The van der Waals surface area contributed by atoms with Crippen LogP contribution in [-0.2, 0) is 21.0 Å². The number of pyridine rings is 1. The van der Waals surface area contributed by atoms with Crippen LogP contribution in [-0.4, -0.2) is 29.5 Å². The number of carbonyl (C=O) groups is 1. The number of aromatic amines is 1. The molecule has 1 aromatic carbocycles. The van der Waals surface area contributed by atoms with Gasteiger partial charge in [-0.05, 0) is 61.1 Å². The van der Waals surface area contributed by atoms with Gasteiger partial charge in [-0.25, -0.2) is 13.4 Å². The second-order valence-electron chi connectivity index (χ2n) is 8.16. The number of aromatic nitrogens is 2. The lowest BCUT2D eigenvalue weighted by atomic mass is 9.97. The monoisotopic (exact) mass is 464 g/mol. The van der Waals surface area contributed by atoms with Crippen molar-refractivity contribution in [2.24, 2.45) is 5.92 Å². The van der Waals surface area contributed by atoms with Crippen LogP contribution in [0.15, 0.2) is 36.5 Å². The number of carbonyl (C=O) groups excluding carboxylic acids is 1. The number of nitrogens with zero attached hydrogens (tertiary/aromatic N) is 1. The normalized spacial score (nSPS) is 16.8. The summed E-state index contributed by atoms with van der Waals surface area (Å²) < 4.78 is 68.6. The van der Waals surface area contributed by atoms with Gasteiger partial charge >= 0.3 is 6.18 Å². The third-order valence-electron chi connectivity index (χ3n) is 5.57. The maximum atomic E-state index is 14.0. The number of amides is 1. The Bertz CT molecular complexity index is 1330. The van der Waals surface area contributed by atoms with Crippen LogP contribution >= 0.6 is 0 Å². The number of H-pyrrole nitrogens is 1. The summed E-state index contributed by atoms with van der Waals surface area (Å²) in [5, 5.41) is 2.56. The van der Waals surface area contributed by atoms with E-state index in [1.165, 1.54) is 18.2 Å². The van der Waals surface area contributed by atoms with Crippen molar-refractivity contribution in [3.05, 3.63) is 42.1 Å². The molecule has 11 heteroatoms. The molecule has 2 heterocycles. The summed E-state index contributed by atoms with van der Waals surface area (Å²) >= 11 is 0. The van der Waals surface area contributed by atoms with Crippen molar-refractivity contribution in [3.8, 4) is 11.1 Å². The van der Waals surface area contributed by atoms with Crippen molar-refractivity contribution >= 4 is 38.5 Å². The number of rotatable bonds is 6. The molecular weight excluding hydrogens is 445 g/mol. The highest BCUT2D eigenvalue weighted by Gasteiger charge is 2.38. The Kier molecular flexibility index (Phi) is 4.70. The van der Waals surface area contributed by atoms with Gasteiger partial charge in [0.2, 0.25) is 15.9 Å². The molecule has 168 valence electrons. The lowest BCUT2D eigenvalue weighted by Gasteiger charge is -2.17. The molecule has 2 aliphatic rings. The Balaban J connectivity index is 1.60. The first-order chi connectivity index (χ1) is 15.1. The summed E-state index contributed by atoms with van der Waals surface area (Å²) in [7, 11) is -3.71. The standard InChI is InChI=1S/C21H19F3N4O3S/c22-21(23,24)17-9-12(28-32(30,31)13-4-5-13)3-6-14(17)16-10-18(27-20(29)11-1-2-11)26-19-15(16)7-8-25-19/h3,6-11,13,28H,1-2,4-5H2,(H2,25,26,27,29). The van der Waals surface area contributed by atoms with Crippen molar-refractivity contribution < 1.29 is 26.4 Å². The van der Waals surface area contributed by atoms with Crippen LogP contribution in [0.2, 0.25) is 0 Å². The quantitative estimate of drug-likeness (QED) is 0.500. The molecule has 0 bridgehead atoms. The number of hydrogen-bond acceptors (Lipinski definition) is 4. The van der Waals surface area contributed by atoms with Crippen LogP contribution in [0.3, 0.4) is 0 Å². The van der Waals surface area contributed by atoms with Crippen molar-refractivity contribution in [3.63, 3.8) is 0 Å². The third kappa shape index (κ3) is 4.04. The van der Waals surface area contributed by atoms with E-state index in [1.807, 2.05) is 0 Å². The van der Waals surface area contributed by atoms with Crippen molar-refractivity contribution in [2.45, 2.75) is 37.1 Å². The van der Waals surface area contributed by atoms with Gasteiger partial charge in [-0.2, -0.15) is 13.2 Å². The minimum Gasteiger partial charge on any atom is -0.346 e. The molecule has 32 heavy (non-hydrogen) atoms.